The summed E-state index contributed by atoms with van der Waals surface area (Å²) in [5, 5.41) is 6.81. The average molecular weight is 380 g/mol. The first-order valence-electron chi connectivity index (χ1n) is 10.2. The van der Waals surface area contributed by atoms with E-state index in [-0.39, 0.29) is 0 Å². The Morgan fingerprint density at radius 2 is 1.93 bits per heavy atom. The second-order valence-corrected chi connectivity index (χ2v) is 7.26. The predicted octanol–water partition coefficient (Wildman–Crippen LogP) is 1.84. The molecule has 3 heterocycles. The molecular weight excluding hydrogens is 346 g/mol. The molecule has 0 spiro atoms. The molecule has 7 heteroatoms. The summed E-state index contributed by atoms with van der Waals surface area (Å²) in [7, 11) is 0. The molecule has 0 aliphatic carbocycles. The summed E-state index contributed by atoms with van der Waals surface area (Å²) >= 11 is 0. The minimum atomic E-state index is 0.533. The van der Waals surface area contributed by atoms with Crippen molar-refractivity contribution < 1.29 is 18.6 Å². The molecule has 0 aromatic carbocycles. The van der Waals surface area contributed by atoms with Gasteiger partial charge in [0.1, 0.15) is 5.76 Å². The minimum absolute atomic E-state index is 0.533. The Labute approximate surface area is 161 Å². The van der Waals surface area contributed by atoms with Crippen molar-refractivity contribution in [1.29, 1.82) is 0 Å². The summed E-state index contributed by atoms with van der Waals surface area (Å²) in [6.07, 6.45) is 5.73. The third kappa shape index (κ3) is 7.91. The van der Waals surface area contributed by atoms with Crippen molar-refractivity contribution in [1.82, 2.24) is 10.6 Å². The largest absolute Gasteiger partial charge is 0.469 e. The van der Waals surface area contributed by atoms with Gasteiger partial charge in [0.05, 0.1) is 26.1 Å². The van der Waals surface area contributed by atoms with Crippen LogP contribution in [0.1, 0.15) is 25.0 Å². The molecule has 2 aliphatic rings. The zero-order chi connectivity index (χ0) is 18.6. The van der Waals surface area contributed by atoms with E-state index in [4.69, 9.17) is 23.6 Å². The highest BCUT2D eigenvalue weighted by atomic mass is 16.5. The maximum absolute atomic E-state index is 5.76. The molecule has 1 aromatic heterocycles. The van der Waals surface area contributed by atoms with Gasteiger partial charge in [0.2, 0.25) is 0 Å². The van der Waals surface area contributed by atoms with Crippen LogP contribution in [0.5, 0.6) is 0 Å². The van der Waals surface area contributed by atoms with Crippen molar-refractivity contribution in [2.75, 3.05) is 59.3 Å². The molecule has 2 N–H and O–H groups in total. The normalized spacial score (nSPS) is 23.0. The summed E-state index contributed by atoms with van der Waals surface area (Å²) in [5.41, 5.74) is 0. The smallest absolute Gasteiger partial charge is 0.191 e. The van der Waals surface area contributed by atoms with E-state index in [2.05, 4.69) is 10.6 Å². The van der Waals surface area contributed by atoms with Gasteiger partial charge in [-0.2, -0.15) is 0 Å². The Kier molecular flexibility index (Phi) is 8.97. The molecule has 27 heavy (non-hydrogen) atoms. The molecule has 2 aliphatic heterocycles. The number of guanidine groups is 1. The van der Waals surface area contributed by atoms with Crippen molar-refractivity contribution in [3.63, 3.8) is 0 Å². The summed E-state index contributed by atoms with van der Waals surface area (Å²) in [6.45, 7) is 7.41. The Morgan fingerprint density at radius 3 is 2.67 bits per heavy atom. The second kappa shape index (κ2) is 12.0. The van der Waals surface area contributed by atoms with Gasteiger partial charge < -0.3 is 29.3 Å². The van der Waals surface area contributed by atoms with Crippen LogP contribution in [0.4, 0.5) is 0 Å². The van der Waals surface area contributed by atoms with Crippen LogP contribution in [0.2, 0.25) is 0 Å². The fraction of sp³-hybridized carbons (Fsp3) is 0.750. The van der Waals surface area contributed by atoms with Gasteiger partial charge >= 0.3 is 0 Å². The quantitative estimate of drug-likeness (QED) is 0.347. The Balaban J connectivity index is 1.32. The maximum atomic E-state index is 5.76. The zero-order valence-electron chi connectivity index (χ0n) is 16.2. The van der Waals surface area contributed by atoms with Gasteiger partial charge in [0.15, 0.2) is 5.96 Å². The standard InChI is InChI=1S/C20H33N3O4/c1-3-19(27-10-1)4-8-22-20(23-13-17-5-11-25-14-17)21-7-2-9-24-15-18-6-12-26-16-18/h1,3,10,17-18H,2,4-9,11-16H2,(H2,21,22,23). The molecule has 1 aromatic rings. The molecule has 0 radical (unpaired) electrons. The molecule has 2 atom stereocenters. The van der Waals surface area contributed by atoms with Crippen LogP contribution in [0.25, 0.3) is 0 Å². The van der Waals surface area contributed by atoms with Gasteiger partial charge in [-0.15, -0.1) is 0 Å². The number of rotatable bonds is 11. The van der Waals surface area contributed by atoms with Crippen molar-refractivity contribution in [2.45, 2.75) is 25.7 Å². The maximum Gasteiger partial charge on any atom is 0.191 e. The minimum Gasteiger partial charge on any atom is -0.469 e. The Hall–Kier alpha value is -1.57. The number of furan rings is 1. The summed E-state index contributed by atoms with van der Waals surface area (Å²) < 4.78 is 22.0. The van der Waals surface area contributed by atoms with Crippen LogP contribution >= 0.6 is 0 Å². The highest BCUT2D eigenvalue weighted by Gasteiger charge is 2.16. The fourth-order valence-corrected chi connectivity index (χ4v) is 3.23. The van der Waals surface area contributed by atoms with E-state index < -0.39 is 0 Å². The Morgan fingerprint density at radius 1 is 1.11 bits per heavy atom. The van der Waals surface area contributed by atoms with Crippen molar-refractivity contribution in [3.8, 4) is 0 Å². The first kappa shape index (κ1) is 20.2. The second-order valence-electron chi connectivity index (χ2n) is 7.26. The summed E-state index contributed by atoms with van der Waals surface area (Å²) in [5.74, 6) is 2.95. The van der Waals surface area contributed by atoms with E-state index in [1.165, 1.54) is 0 Å². The molecule has 2 fully saturated rings. The highest BCUT2D eigenvalue weighted by molar-refractivity contribution is 5.79. The first-order valence-corrected chi connectivity index (χ1v) is 10.2. The van der Waals surface area contributed by atoms with Crippen LogP contribution in [0.15, 0.2) is 27.8 Å². The Bertz CT molecular complexity index is 523. The lowest BCUT2D eigenvalue weighted by Crippen LogP contribution is -2.39. The SMILES string of the molecule is c1coc(CCNC(=NCC2CCOC2)NCCCOCC2CCOC2)c1. The van der Waals surface area contributed by atoms with Crippen LogP contribution < -0.4 is 10.6 Å². The zero-order valence-corrected chi connectivity index (χ0v) is 16.2. The van der Waals surface area contributed by atoms with E-state index in [1.54, 1.807) is 6.26 Å². The lowest BCUT2D eigenvalue weighted by atomic mass is 10.1. The first-order chi connectivity index (χ1) is 13.4. The molecule has 2 unspecified atom stereocenters. The van der Waals surface area contributed by atoms with E-state index >= 15 is 0 Å². The van der Waals surface area contributed by atoms with E-state index in [0.717, 1.165) is 96.7 Å². The van der Waals surface area contributed by atoms with Gasteiger partial charge in [-0.1, -0.05) is 0 Å². The van der Waals surface area contributed by atoms with Crippen LogP contribution in [-0.2, 0) is 20.6 Å². The molecule has 7 nitrogen and oxygen atoms in total. The lowest BCUT2D eigenvalue weighted by molar-refractivity contribution is 0.0888. The molecule has 0 amide bonds. The third-order valence-corrected chi connectivity index (χ3v) is 4.91. The number of nitrogens with one attached hydrogen (secondary N) is 2. The van der Waals surface area contributed by atoms with Crippen molar-refractivity contribution >= 4 is 5.96 Å². The molecule has 2 saturated heterocycles. The fourth-order valence-electron chi connectivity index (χ4n) is 3.23. The average Bonchev–Trinajstić information content (AvgIpc) is 3.45. The lowest BCUT2D eigenvalue weighted by Gasteiger charge is -2.14. The van der Waals surface area contributed by atoms with Crippen molar-refractivity contribution in [2.24, 2.45) is 16.8 Å². The number of aliphatic imine (C=N–C) groups is 1. The third-order valence-electron chi connectivity index (χ3n) is 4.91. The number of nitrogens with zero attached hydrogens (tertiary/aromatic N) is 1. The predicted molar refractivity (Wildman–Crippen MR) is 104 cm³/mol. The molecule has 0 saturated carbocycles. The van der Waals surface area contributed by atoms with Crippen molar-refractivity contribution in [3.05, 3.63) is 24.2 Å². The van der Waals surface area contributed by atoms with Crippen LogP contribution in [0.3, 0.4) is 0 Å². The molecular formula is C20H33N3O4. The van der Waals surface area contributed by atoms with Gasteiger partial charge in [-0.3, -0.25) is 4.99 Å². The van der Waals surface area contributed by atoms with E-state index in [1.807, 2.05) is 12.1 Å². The summed E-state index contributed by atoms with van der Waals surface area (Å²) in [6, 6.07) is 3.91. The topological polar surface area (TPSA) is 77.3 Å². The molecule has 0 bridgehead atoms. The van der Waals surface area contributed by atoms with Gasteiger partial charge in [0, 0.05) is 57.7 Å². The monoisotopic (exact) mass is 379 g/mol. The highest BCUT2D eigenvalue weighted by Crippen LogP contribution is 2.13. The van der Waals surface area contributed by atoms with Gasteiger partial charge in [-0.25, -0.2) is 0 Å². The van der Waals surface area contributed by atoms with Gasteiger partial charge in [0.25, 0.3) is 0 Å². The van der Waals surface area contributed by atoms with Gasteiger partial charge in [-0.05, 0) is 31.4 Å². The summed E-state index contributed by atoms with van der Waals surface area (Å²) in [4.78, 5) is 4.73. The van der Waals surface area contributed by atoms with E-state index in [0.29, 0.717) is 11.8 Å². The molecule has 152 valence electrons. The molecule has 3 rings (SSSR count). The number of hydrogen-bond acceptors (Lipinski definition) is 5. The number of hydrogen-bond donors (Lipinski definition) is 2. The van der Waals surface area contributed by atoms with E-state index in [9.17, 15) is 0 Å². The number of ether oxygens (including phenoxy) is 3. The van der Waals surface area contributed by atoms with Crippen LogP contribution in [0, 0.1) is 11.8 Å². The van der Waals surface area contributed by atoms with Crippen LogP contribution in [-0.4, -0.2) is 65.2 Å².